The SMILES string of the molecule is COCCn1c(=NC(=O)CN2C(=O)c3ccccc3C2=O)sc2ccccc21. The van der Waals surface area contributed by atoms with Crippen molar-refractivity contribution in [1.82, 2.24) is 9.47 Å². The fourth-order valence-corrected chi connectivity index (χ4v) is 4.24. The molecule has 2 heterocycles. The highest BCUT2D eigenvalue weighted by molar-refractivity contribution is 7.16. The van der Waals surface area contributed by atoms with Gasteiger partial charge in [-0.15, -0.1) is 0 Å². The summed E-state index contributed by atoms with van der Waals surface area (Å²) in [7, 11) is 1.61. The Morgan fingerprint density at radius 1 is 1.04 bits per heavy atom. The maximum absolute atomic E-state index is 12.6. The van der Waals surface area contributed by atoms with Gasteiger partial charge in [0.15, 0.2) is 4.80 Å². The van der Waals surface area contributed by atoms with Gasteiger partial charge in [0.1, 0.15) is 6.54 Å². The fraction of sp³-hybridized carbons (Fsp3) is 0.200. The molecular formula is C20H17N3O4S. The number of benzene rings is 2. The number of carbonyl (C=O) groups is 3. The minimum Gasteiger partial charge on any atom is -0.383 e. The minimum absolute atomic E-state index is 0.317. The number of nitrogens with zero attached hydrogens (tertiary/aromatic N) is 3. The topological polar surface area (TPSA) is 81.0 Å². The number of ether oxygens (including phenoxy) is 1. The van der Waals surface area contributed by atoms with E-state index >= 15 is 0 Å². The van der Waals surface area contributed by atoms with Crippen molar-refractivity contribution in [2.45, 2.75) is 6.54 Å². The Hall–Kier alpha value is -3.10. The van der Waals surface area contributed by atoms with Gasteiger partial charge in [-0.1, -0.05) is 35.6 Å². The highest BCUT2D eigenvalue weighted by Gasteiger charge is 2.36. The van der Waals surface area contributed by atoms with Crippen LogP contribution in [0.25, 0.3) is 10.2 Å². The van der Waals surface area contributed by atoms with Crippen LogP contribution in [0.4, 0.5) is 0 Å². The predicted octanol–water partition coefficient (Wildman–Crippen LogP) is 2.07. The third-order valence-electron chi connectivity index (χ3n) is 4.50. The second kappa shape index (κ2) is 7.49. The number of rotatable bonds is 5. The summed E-state index contributed by atoms with van der Waals surface area (Å²) in [5, 5.41) is 0. The molecule has 1 aliphatic rings. The van der Waals surface area contributed by atoms with Crippen molar-refractivity contribution < 1.29 is 19.1 Å². The first-order valence-corrected chi connectivity index (χ1v) is 9.52. The molecule has 0 fully saturated rings. The summed E-state index contributed by atoms with van der Waals surface area (Å²) in [6.07, 6.45) is 0. The molecule has 0 radical (unpaired) electrons. The molecule has 3 aromatic rings. The minimum atomic E-state index is -0.549. The lowest BCUT2D eigenvalue weighted by atomic mass is 10.1. The van der Waals surface area contributed by atoms with E-state index in [1.165, 1.54) is 11.3 Å². The van der Waals surface area contributed by atoms with Crippen LogP contribution in [0, 0.1) is 0 Å². The van der Waals surface area contributed by atoms with E-state index in [4.69, 9.17) is 4.74 Å². The first-order chi connectivity index (χ1) is 13.6. The lowest BCUT2D eigenvalue weighted by Crippen LogP contribution is -2.35. The molecule has 0 atom stereocenters. The second-order valence-corrected chi connectivity index (χ2v) is 7.25. The molecule has 0 aliphatic carbocycles. The largest absolute Gasteiger partial charge is 0.383 e. The van der Waals surface area contributed by atoms with Gasteiger partial charge in [-0.05, 0) is 24.3 Å². The molecule has 1 aliphatic heterocycles. The summed E-state index contributed by atoms with van der Waals surface area (Å²) in [5.74, 6) is -1.48. The highest BCUT2D eigenvalue weighted by Crippen LogP contribution is 2.22. The lowest BCUT2D eigenvalue weighted by molar-refractivity contribution is -0.118. The average molecular weight is 395 g/mol. The number of hydrogen-bond acceptors (Lipinski definition) is 5. The number of hydrogen-bond donors (Lipinski definition) is 0. The molecule has 0 saturated heterocycles. The summed E-state index contributed by atoms with van der Waals surface area (Å²) >= 11 is 1.38. The van der Waals surface area contributed by atoms with E-state index in [1.807, 2.05) is 28.8 Å². The molecule has 0 saturated carbocycles. The summed E-state index contributed by atoms with van der Waals surface area (Å²) in [5.41, 5.74) is 1.59. The van der Waals surface area contributed by atoms with Crippen LogP contribution in [0.15, 0.2) is 53.5 Å². The Balaban J connectivity index is 1.64. The number of fused-ring (bicyclic) bond motifs is 2. The number of amides is 3. The van der Waals surface area contributed by atoms with Gasteiger partial charge in [0.2, 0.25) is 0 Å². The van der Waals surface area contributed by atoms with Crippen LogP contribution in [-0.2, 0) is 16.1 Å². The van der Waals surface area contributed by atoms with Crippen molar-refractivity contribution in [3.63, 3.8) is 0 Å². The van der Waals surface area contributed by atoms with Crippen molar-refractivity contribution >= 4 is 39.3 Å². The third-order valence-corrected chi connectivity index (χ3v) is 5.56. The Kier molecular flexibility index (Phi) is 4.89. The molecule has 1 aromatic heterocycles. The van der Waals surface area contributed by atoms with Crippen LogP contribution < -0.4 is 4.80 Å². The molecule has 28 heavy (non-hydrogen) atoms. The van der Waals surface area contributed by atoms with E-state index in [9.17, 15) is 14.4 Å². The summed E-state index contributed by atoms with van der Waals surface area (Å²) < 4.78 is 8.05. The fourth-order valence-electron chi connectivity index (χ4n) is 3.16. The van der Waals surface area contributed by atoms with Gasteiger partial charge in [0.25, 0.3) is 17.7 Å². The molecule has 7 nitrogen and oxygen atoms in total. The van der Waals surface area contributed by atoms with Crippen LogP contribution in [0.3, 0.4) is 0 Å². The van der Waals surface area contributed by atoms with Crippen LogP contribution in [0.5, 0.6) is 0 Å². The molecule has 3 amide bonds. The Labute approximate surface area is 164 Å². The normalized spacial score (nSPS) is 14.2. The maximum Gasteiger partial charge on any atom is 0.268 e. The van der Waals surface area contributed by atoms with E-state index in [0.29, 0.717) is 29.1 Å². The van der Waals surface area contributed by atoms with E-state index in [1.54, 1.807) is 31.4 Å². The monoisotopic (exact) mass is 395 g/mol. The number of thiazole rings is 1. The zero-order valence-electron chi connectivity index (χ0n) is 15.1. The van der Waals surface area contributed by atoms with E-state index < -0.39 is 17.7 Å². The van der Waals surface area contributed by atoms with Gasteiger partial charge >= 0.3 is 0 Å². The van der Waals surface area contributed by atoms with Crippen molar-refractivity contribution in [2.75, 3.05) is 20.3 Å². The molecule has 8 heteroatoms. The van der Waals surface area contributed by atoms with E-state index in [-0.39, 0.29) is 6.54 Å². The molecule has 142 valence electrons. The van der Waals surface area contributed by atoms with Gasteiger partial charge in [0.05, 0.1) is 28.0 Å². The van der Waals surface area contributed by atoms with Crippen molar-refractivity contribution in [3.8, 4) is 0 Å². The number of methoxy groups -OCH3 is 1. The van der Waals surface area contributed by atoms with Gasteiger partial charge in [-0.3, -0.25) is 19.3 Å². The smallest absolute Gasteiger partial charge is 0.268 e. The molecule has 0 spiro atoms. The van der Waals surface area contributed by atoms with Crippen LogP contribution >= 0.6 is 11.3 Å². The first-order valence-electron chi connectivity index (χ1n) is 8.70. The van der Waals surface area contributed by atoms with Crippen LogP contribution in [0.1, 0.15) is 20.7 Å². The quantitative estimate of drug-likeness (QED) is 0.620. The van der Waals surface area contributed by atoms with Crippen molar-refractivity contribution in [1.29, 1.82) is 0 Å². The van der Waals surface area contributed by atoms with Crippen molar-refractivity contribution in [3.05, 3.63) is 64.5 Å². The van der Waals surface area contributed by atoms with Crippen LogP contribution in [-0.4, -0.2) is 47.4 Å². The molecule has 4 rings (SSSR count). The van der Waals surface area contributed by atoms with Gasteiger partial charge in [-0.2, -0.15) is 4.99 Å². The van der Waals surface area contributed by atoms with E-state index in [0.717, 1.165) is 15.1 Å². The van der Waals surface area contributed by atoms with E-state index in [2.05, 4.69) is 4.99 Å². The Morgan fingerprint density at radius 2 is 1.68 bits per heavy atom. The highest BCUT2D eigenvalue weighted by atomic mass is 32.1. The van der Waals surface area contributed by atoms with Crippen molar-refractivity contribution in [2.24, 2.45) is 4.99 Å². The number of aromatic nitrogens is 1. The summed E-state index contributed by atoms with van der Waals surface area (Å²) in [4.78, 5) is 43.1. The number of imide groups is 1. The summed E-state index contributed by atoms with van der Waals surface area (Å²) in [6.45, 7) is 0.630. The van der Waals surface area contributed by atoms with Gasteiger partial charge in [-0.25, -0.2) is 0 Å². The Morgan fingerprint density at radius 3 is 2.36 bits per heavy atom. The van der Waals surface area contributed by atoms with Crippen LogP contribution in [0.2, 0.25) is 0 Å². The Bertz CT molecular complexity index is 1130. The predicted molar refractivity (Wildman–Crippen MR) is 104 cm³/mol. The second-order valence-electron chi connectivity index (χ2n) is 6.24. The molecule has 0 bridgehead atoms. The zero-order valence-corrected chi connectivity index (χ0v) is 15.9. The zero-order chi connectivity index (χ0) is 19.7. The average Bonchev–Trinajstić information content (AvgIpc) is 3.16. The lowest BCUT2D eigenvalue weighted by Gasteiger charge is -2.10. The molecular weight excluding hydrogens is 378 g/mol. The molecule has 2 aromatic carbocycles. The molecule has 0 unspecified atom stereocenters. The molecule has 0 N–H and O–H groups in total. The van der Waals surface area contributed by atoms with Gasteiger partial charge in [0, 0.05) is 13.7 Å². The number of para-hydroxylation sites is 1. The number of carbonyl (C=O) groups excluding carboxylic acids is 3. The van der Waals surface area contributed by atoms with Gasteiger partial charge < -0.3 is 9.30 Å². The first kappa shape index (κ1) is 18.3. The maximum atomic E-state index is 12.6. The third kappa shape index (κ3) is 3.17. The standard InChI is InChI=1S/C20H17N3O4S/c1-27-11-10-22-15-8-4-5-9-16(15)28-20(22)21-17(24)12-23-18(25)13-6-2-3-7-14(13)19(23)26/h2-9H,10-12H2,1H3. The summed E-state index contributed by atoms with van der Waals surface area (Å²) in [6, 6.07) is 14.3.